The molecule has 13 heteroatoms. The van der Waals surface area contributed by atoms with Gasteiger partial charge in [-0.25, -0.2) is 9.59 Å². The second-order valence-corrected chi connectivity index (χ2v) is 6.43. The number of nitrogens with zero attached hydrogens (tertiary/aromatic N) is 5. The fraction of sp³-hybridized carbons (Fsp3) is 0.529. The zero-order chi connectivity index (χ0) is 22.1. The minimum Gasteiger partial charge on any atom is -0.340 e. The Balaban J connectivity index is 2.25. The first-order chi connectivity index (χ1) is 14.2. The molecule has 1 fully saturated rings. The molecule has 162 valence electrons. The van der Waals surface area contributed by atoms with Crippen molar-refractivity contribution in [1.82, 2.24) is 24.2 Å². The fourth-order valence-corrected chi connectivity index (χ4v) is 3.01. The van der Waals surface area contributed by atoms with Crippen molar-refractivity contribution in [3.05, 3.63) is 20.8 Å². The third kappa shape index (κ3) is 3.90. The lowest BCUT2D eigenvalue weighted by molar-refractivity contribution is -0.200. The number of carbonyl (C=O) groups excluding carboxylic acids is 1. The quantitative estimate of drug-likeness (QED) is 0.641. The van der Waals surface area contributed by atoms with E-state index in [-0.39, 0.29) is 22.4 Å². The van der Waals surface area contributed by atoms with Crippen LogP contribution in [0.3, 0.4) is 0 Å². The van der Waals surface area contributed by atoms with Gasteiger partial charge in [-0.05, 0) is 0 Å². The Labute approximate surface area is 167 Å². The molecule has 0 amide bonds. The van der Waals surface area contributed by atoms with Gasteiger partial charge in [0.25, 0.3) is 0 Å². The molecule has 2 aromatic rings. The van der Waals surface area contributed by atoms with Gasteiger partial charge in [0.15, 0.2) is 11.2 Å². The molecule has 0 aliphatic carbocycles. The lowest BCUT2D eigenvalue weighted by Gasteiger charge is -2.28. The molecule has 1 saturated heterocycles. The summed E-state index contributed by atoms with van der Waals surface area (Å²) < 4.78 is 39.9. The maximum absolute atomic E-state index is 12.9. The van der Waals surface area contributed by atoms with Crippen molar-refractivity contribution in [2.24, 2.45) is 7.05 Å². The summed E-state index contributed by atoms with van der Waals surface area (Å²) in [5, 5.41) is 3.17. The molecule has 1 aliphatic heterocycles. The monoisotopic (exact) mass is 428 g/mol. The van der Waals surface area contributed by atoms with E-state index in [0.29, 0.717) is 38.5 Å². The topological polar surface area (TPSA) is 103 Å². The lowest BCUT2D eigenvalue weighted by atomic mass is 10.4. The summed E-state index contributed by atoms with van der Waals surface area (Å²) in [5.41, 5.74) is -2.72. The first-order valence-corrected chi connectivity index (χ1v) is 9.10. The Kier molecular flexibility index (Phi) is 5.88. The van der Waals surface area contributed by atoms with E-state index in [0.717, 1.165) is 4.57 Å². The Bertz CT molecular complexity index is 1150. The largest absolute Gasteiger partial charge is 0.493 e. The van der Waals surface area contributed by atoms with Crippen LogP contribution >= 0.6 is 0 Å². The van der Waals surface area contributed by atoms with Gasteiger partial charge in [-0.2, -0.15) is 18.2 Å². The molecule has 3 rings (SSSR count). The van der Waals surface area contributed by atoms with Crippen LogP contribution in [-0.4, -0.2) is 57.2 Å². The molecule has 0 spiro atoms. The Hall–Kier alpha value is -3.27. The molecule has 0 saturated carbocycles. The predicted molar refractivity (Wildman–Crippen MR) is 100 cm³/mol. The number of piperazine rings is 1. The number of hydrogen-bond donors (Lipinski definition) is 1. The van der Waals surface area contributed by atoms with Crippen LogP contribution in [0, 0.1) is 11.8 Å². The normalized spacial score (nSPS) is 14.5. The maximum Gasteiger partial charge on any atom is 0.493 e. The smallest absolute Gasteiger partial charge is 0.340 e. The molecule has 2 aromatic heterocycles. The number of nitrogens with one attached hydrogen (secondary N) is 1. The van der Waals surface area contributed by atoms with Gasteiger partial charge < -0.3 is 15.1 Å². The van der Waals surface area contributed by atoms with E-state index in [4.69, 9.17) is 0 Å². The van der Waals surface area contributed by atoms with Crippen molar-refractivity contribution in [3.8, 4) is 11.8 Å². The van der Waals surface area contributed by atoms with Gasteiger partial charge >= 0.3 is 23.4 Å². The average molecular weight is 428 g/mol. The molecule has 0 bridgehead atoms. The van der Waals surface area contributed by atoms with Crippen LogP contribution in [0.4, 0.5) is 19.1 Å². The van der Waals surface area contributed by atoms with E-state index in [1.807, 2.05) is 11.8 Å². The molecular weight excluding hydrogens is 409 g/mol. The number of aromatic nitrogens is 4. The standard InChI is InChI=1S/C17H19F3N6O4/c1-3-4-5-8-25-11-12(22-15(25)24-9-6-21-7-10-24)23(2)16(29)26(13(11)27)30-14(28)17(18,19)20/h21H,3,6-10H2,1-2H3. The summed E-state index contributed by atoms with van der Waals surface area (Å²) >= 11 is 0. The highest BCUT2D eigenvalue weighted by atomic mass is 19.4. The minimum absolute atomic E-state index is 0.0181. The lowest BCUT2D eigenvalue weighted by Crippen LogP contribution is -2.48. The van der Waals surface area contributed by atoms with Crippen LogP contribution in [0.25, 0.3) is 11.2 Å². The Morgan fingerprint density at radius 1 is 1.23 bits per heavy atom. The number of alkyl halides is 3. The number of aryl methyl sites for hydroxylation is 1. The predicted octanol–water partition coefficient (Wildman–Crippen LogP) is -0.763. The number of rotatable bonds is 3. The third-order valence-corrected chi connectivity index (χ3v) is 4.44. The Morgan fingerprint density at radius 2 is 1.90 bits per heavy atom. The number of anilines is 1. The summed E-state index contributed by atoms with van der Waals surface area (Å²) in [6.07, 6.45) is -4.82. The van der Waals surface area contributed by atoms with Crippen molar-refractivity contribution in [3.63, 3.8) is 0 Å². The third-order valence-electron chi connectivity index (χ3n) is 4.44. The zero-order valence-corrected chi connectivity index (χ0v) is 16.2. The number of carbonyl (C=O) groups is 1. The molecule has 1 aliphatic rings. The van der Waals surface area contributed by atoms with Gasteiger partial charge in [0, 0.05) is 39.6 Å². The fourth-order valence-electron chi connectivity index (χ4n) is 3.01. The number of fused-ring (bicyclic) bond motifs is 1. The van der Waals surface area contributed by atoms with E-state index in [2.05, 4.69) is 27.0 Å². The maximum atomic E-state index is 12.9. The van der Waals surface area contributed by atoms with Gasteiger partial charge in [-0.15, -0.1) is 5.92 Å². The molecule has 0 radical (unpaired) electrons. The zero-order valence-electron chi connectivity index (χ0n) is 16.2. The van der Waals surface area contributed by atoms with Gasteiger partial charge in [0.05, 0.1) is 6.54 Å². The molecule has 30 heavy (non-hydrogen) atoms. The van der Waals surface area contributed by atoms with Gasteiger partial charge in [0.2, 0.25) is 5.95 Å². The first kappa shape index (κ1) is 21.4. The summed E-state index contributed by atoms with van der Waals surface area (Å²) in [5.74, 6) is 3.39. The van der Waals surface area contributed by atoms with E-state index in [1.165, 1.54) is 11.6 Å². The van der Waals surface area contributed by atoms with Crippen molar-refractivity contribution < 1.29 is 22.8 Å². The SMILES string of the molecule is CCC#CCn1c(N2CCNCC2)nc2c1c(=O)n(OC(=O)C(F)(F)F)c(=O)n2C. The molecule has 1 N–H and O–H groups in total. The van der Waals surface area contributed by atoms with Crippen LogP contribution in [0.1, 0.15) is 13.3 Å². The van der Waals surface area contributed by atoms with Crippen LogP contribution in [0.15, 0.2) is 9.59 Å². The second kappa shape index (κ2) is 8.23. The van der Waals surface area contributed by atoms with Crippen molar-refractivity contribution >= 4 is 23.1 Å². The molecule has 3 heterocycles. The minimum atomic E-state index is -5.38. The highest BCUT2D eigenvalue weighted by Gasteiger charge is 2.43. The van der Waals surface area contributed by atoms with Crippen LogP contribution in [-0.2, 0) is 18.4 Å². The van der Waals surface area contributed by atoms with Gasteiger partial charge in [-0.1, -0.05) is 17.6 Å². The van der Waals surface area contributed by atoms with E-state index >= 15 is 0 Å². The summed E-state index contributed by atoms with van der Waals surface area (Å²) in [6, 6.07) is 0. The number of hydrogen-bond acceptors (Lipinski definition) is 7. The molecule has 0 atom stereocenters. The van der Waals surface area contributed by atoms with E-state index in [9.17, 15) is 27.6 Å². The first-order valence-electron chi connectivity index (χ1n) is 9.10. The molecule has 10 nitrogen and oxygen atoms in total. The highest BCUT2D eigenvalue weighted by molar-refractivity contribution is 5.77. The van der Waals surface area contributed by atoms with Crippen molar-refractivity contribution in [2.45, 2.75) is 26.1 Å². The van der Waals surface area contributed by atoms with Crippen LogP contribution < -0.4 is 26.3 Å². The summed E-state index contributed by atoms with van der Waals surface area (Å²) in [7, 11) is 1.22. The highest BCUT2D eigenvalue weighted by Crippen LogP contribution is 2.20. The number of halogens is 3. The molecule has 0 aromatic carbocycles. The average Bonchev–Trinajstić information content (AvgIpc) is 3.09. The second-order valence-electron chi connectivity index (χ2n) is 6.43. The number of imidazole rings is 1. The Morgan fingerprint density at radius 3 is 2.50 bits per heavy atom. The molecule has 0 unspecified atom stereocenters. The van der Waals surface area contributed by atoms with Gasteiger partial charge in [0.1, 0.15) is 0 Å². The van der Waals surface area contributed by atoms with Crippen molar-refractivity contribution in [1.29, 1.82) is 0 Å². The summed E-state index contributed by atoms with van der Waals surface area (Å²) in [4.78, 5) is 46.8. The molecular formula is C17H19F3N6O4. The van der Waals surface area contributed by atoms with Gasteiger partial charge in [-0.3, -0.25) is 13.9 Å². The van der Waals surface area contributed by atoms with E-state index in [1.54, 1.807) is 0 Å². The summed E-state index contributed by atoms with van der Waals surface area (Å²) in [6.45, 7) is 4.31. The van der Waals surface area contributed by atoms with E-state index < -0.39 is 23.4 Å². The van der Waals surface area contributed by atoms with Crippen LogP contribution in [0.5, 0.6) is 0 Å². The van der Waals surface area contributed by atoms with Crippen molar-refractivity contribution in [2.75, 3.05) is 31.1 Å². The van der Waals surface area contributed by atoms with Crippen LogP contribution in [0.2, 0.25) is 0 Å².